The van der Waals surface area contributed by atoms with Crippen LogP contribution in [0.25, 0.3) is 0 Å². The second-order valence-corrected chi connectivity index (χ2v) is 4.02. The summed E-state index contributed by atoms with van der Waals surface area (Å²) in [4.78, 5) is 0. The molecule has 0 saturated carbocycles. The van der Waals surface area contributed by atoms with E-state index in [0.717, 1.165) is 19.4 Å². The zero-order valence-electron chi connectivity index (χ0n) is 10.3. The molecular formula is C12H16FN5. The molecule has 0 aliphatic carbocycles. The summed E-state index contributed by atoms with van der Waals surface area (Å²) in [5.74, 6) is 0.351. The van der Waals surface area contributed by atoms with Crippen LogP contribution in [0.1, 0.15) is 25.3 Å². The summed E-state index contributed by atoms with van der Waals surface area (Å²) in [5.41, 5.74) is 0.600. The molecule has 0 aliphatic rings. The first-order valence-electron chi connectivity index (χ1n) is 6.04. The molecule has 6 heteroatoms. The number of rotatable bonds is 6. The lowest BCUT2D eigenvalue weighted by Gasteiger charge is -2.07. The molecule has 0 unspecified atom stereocenters. The Morgan fingerprint density at radius 1 is 1.33 bits per heavy atom. The van der Waals surface area contributed by atoms with Crippen molar-refractivity contribution in [3.05, 3.63) is 35.6 Å². The Labute approximate surface area is 105 Å². The van der Waals surface area contributed by atoms with E-state index in [1.165, 1.54) is 6.07 Å². The van der Waals surface area contributed by atoms with Gasteiger partial charge in [0.15, 0.2) is 0 Å². The van der Waals surface area contributed by atoms with Crippen molar-refractivity contribution >= 4 is 5.95 Å². The van der Waals surface area contributed by atoms with Crippen molar-refractivity contribution in [1.82, 2.24) is 20.2 Å². The topological polar surface area (TPSA) is 55.6 Å². The van der Waals surface area contributed by atoms with E-state index in [9.17, 15) is 4.39 Å². The molecule has 2 rings (SSSR count). The number of nitrogens with one attached hydrogen (secondary N) is 1. The quantitative estimate of drug-likeness (QED) is 0.853. The molecule has 96 valence electrons. The van der Waals surface area contributed by atoms with Gasteiger partial charge in [-0.15, -0.1) is 0 Å². The molecule has 0 atom stereocenters. The van der Waals surface area contributed by atoms with Crippen LogP contribution < -0.4 is 5.32 Å². The number of halogens is 1. The van der Waals surface area contributed by atoms with E-state index < -0.39 is 0 Å². The van der Waals surface area contributed by atoms with Crippen LogP contribution in [0.5, 0.6) is 0 Å². The number of aromatic nitrogens is 4. The molecule has 0 saturated heterocycles. The first-order chi connectivity index (χ1) is 8.81. The van der Waals surface area contributed by atoms with Crippen molar-refractivity contribution in [2.45, 2.75) is 32.9 Å². The Kier molecular flexibility index (Phi) is 4.22. The van der Waals surface area contributed by atoms with Crippen molar-refractivity contribution in [2.75, 3.05) is 5.32 Å². The molecule has 0 fully saturated rings. The number of nitrogens with zero attached hydrogens (tertiary/aromatic N) is 4. The van der Waals surface area contributed by atoms with Crippen LogP contribution in [0.2, 0.25) is 0 Å². The highest BCUT2D eigenvalue weighted by Gasteiger charge is 2.06. The Bertz CT molecular complexity index is 497. The van der Waals surface area contributed by atoms with Crippen molar-refractivity contribution in [2.24, 2.45) is 0 Å². The second kappa shape index (κ2) is 6.09. The first kappa shape index (κ1) is 12.5. The van der Waals surface area contributed by atoms with Gasteiger partial charge in [0, 0.05) is 18.7 Å². The summed E-state index contributed by atoms with van der Waals surface area (Å²) >= 11 is 0. The summed E-state index contributed by atoms with van der Waals surface area (Å²) in [7, 11) is 0. The Balaban J connectivity index is 1.98. The standard InChI is InChI=1S/C12H16FN5/c1-2-3-8-18-12(15-16-17-18)14-9-10-6-4-5-7-11(10)13/h4-7H,2-3,8-9H2,1H3,(H,14,15,17). The van der Waals surface area contributed by atoms with Gasteiger partial charge in [0.25, 0.3) is 0 Å². The summed E-state index contributed by atoms with van der Waals surface area (Å²) in [6.07, 6.45) is 2.09. The van der Waals surface area contributed by atoms with E-state index in [4.69, 9.17) is 0 Å². The molecule has 0 aliphatic heterocycles. The molecule has 1 N–H and O–H groups in total. The van der Waals surface area contributed by atoms with Gasteiger partial charge < -0.3 is 5.32 Å². The van der Waals surface area contributed by atoms with Crippen LogP contribution in [-0.4, -0.2) is 20.2 Å². The molecule has 1 heterocycles. The highest BCUT2D eigenvalue weighted by molar-refractivity contribution is 5.26. The summed E-state index contributed by atoms with van der Waals surface area (Å²) in [6, 6.07) is 6.66. The minimum atomic E-state index is -0.224. The van der Waals surface area contributed by atoms with Crippen LogP contribution in [-0.2, 0) is 13.1 Å². The lowest BCUT2D eigenvalue weighted by atomic mass is 10.2. The molecule has 5 nitrogen and oxygen atoms in total. The molecule has 1 aromatic heterocycles. The highest BCUT2D eigenvalue weighted by Crippen LogP contribution is 2.09. The van der Waals surface area contributed by atoms with E-state index in [2.05, 4.69) is 27.8 Å². The van der Waals surface area contributed by atoms with Crippen molar-refractivity contribution in [3.63, 3.8) is 0 Å². The second-order valence-electron chi connectivity index (χ2n) is 4.02. The lowest BCUT2D eigenvalue weighted by molar-refractivity contribution is 0.555. The van der Waals surface area contributed by atoms with E-state index in [1.54, 1.807) is 22.9 Å². The normalized spacial score (nSPS) is 10.6. The molecular weight excluding hydrogens is 233 g/mol. The molecule has 0 bridgehead atoms. The van der Waals surface area contributed by atoms with E-state index in [0.29, 0.717) is 18.1 Å². The SMILES string of the molecule is CCCCn1nnnc1NCc1ccccc1F. The van der Waals surface area contributed by atoms with Gasteiger partial charge in [0.2, 0.25) is 5.95 Å². The van der Waals surface area contributed by atoms with Gasteiger partial charge in [-0.05, 0) is 22.9 Å². The number of hydrogen-bond acceptors (Lipinski definition) is 4. The number of hydrogen-bond donors (Lipinski definition) is 1. The maximum absolute atomic E-state index is 13.4. The third-order valence-electron chi connectivity index (χ3n) is 2.65. The highest BCUT2D eigenvalue weighted by atomic mass is 19.1. The summed E-state index contributed by atoms with van der Waals surface area (Å²) in [6.45, 7) is 3.25. The van der Waals surface area contributed by atoms with Gasteiger partial charge in [0.1, 0.15) is 5.82 Å². The van der Waals surface area contributed by atoms with Gasteiger partial charge in [-0.2, -0.15) is 0 Å². The van der Waals surface area contributed by atoms with Crippen LogP contribution in [0.3, 0.4) is 0 Å². The van der Waals surface area contributed by atoms with Crippen LogP contribution in [0.4, 0.5) is 10.3 Å². The van der Waals surface area contributed by atoms with Crippen LogP contribution >= 0.6 is 0 Å². The Morgan fingerprint density at radius 2 is 2.17 bits per heavy atom. The molecule has 2 aromatic rings. The van der Waals surface area contributed by atoms with Gasteiger partial charge in [-0.1, -0.05) is 36.6 Å². The monoisotopic (exact) mass is 249 g/mol. The fourth-order valence-electron chi connectivity index (χ4n) is 1.61. The minimum Gasteiger partial charge on any atom is -0.349 e. The average Bonchev–Trinajstić information content (AvgIpc) is 2.83. The molecule has 0 amide bonds. The zero-order chi connectivity index (χ0) is 12.8. The number of aryl methyl sites for hydroxylation is 1. The molecule has 0 radical (unpaired) electrons. The third-order valence-corrected chi connectivity index (χ3v) is 2.65. The smallest absolute Gasteiger partial charge is 0.243 e. The van der Waals surface area contributed by atoms with Crippen LogP contribution in [0.15, 0.2) is 24.3 Å². The van der Waals surface area contributed by atoms with Crippen LogP contribution in [0, 0.1) is 5.82 Å². The largest absolute Gasteiger partial charge is 0.349 e. The van der Waals surface area contributed by atoms with Crippen molar-refractivity contribution in [1.29, 1.82) is 0 Å². The zero-order valence-corrected chi connectivity index (χ0v) is 10.3. The Hall–Kier alpha value is -1.98. The third kappa shape index (κ3) is 3.03. The molecule has 0 spiro atoms. The summed E-state index contributed by atoms with van der Waals surface area (Å²) in [5, 5.41) is 14.4. The Morgan fingerprint density at radius 3 is 2.94 bits per heavy atom. The molecule has 1 aromatic carbocycles. The van der Waals surface area contributed by atoms with Crippen molar-refractivity contribution < 1.29 is 4.39 Å². The number of tetrazole rings is 1. The van der Waals surface area contributed by atoms with E-state index >= 15 is 0 Å². The predicted octanol–water partition coefficient (Wildman–Crippen LogP) is 2.22. The number of unbranched alkanes of at least 4 members (excludes halogenated alkanes) is 1. The number of anilines is 1. The fraction of sp³-hybridized carbons (Fsp3) is 0.417. The van der Waals surface area contributed by atoms with Gasteiger partial charge >= 0.3 is 0 Å². The minimum absolute atomic E-state index is 0.224. The number of benzene rings is 1. The van der Waals surface area contributed by atoms with E-state index in [-0.39, 0.29) is 5.82 Å². The maximum atomic E-state index is 13.4. The summed E-state index contributed by atoms with van der Waals surface area (Å²) < 4.78 is 15.1. The van der Waals surface area contributed by atoms with Crippen molar-refractivity contribution in [3.8, 4) is 0 Å². The lowest BCUT2D eigenvalue weighted by Crippen LogP contribution is -2.09. The van der Waals surface area contributed by atoms with Gasteiger partial charge in [-0.3, -0.25) is 0 Å². The van der Waals surface area contributed by atoms with Gasteiger partial charge in [0.05, 0.1) is 0 Å². The van der Waals surface area contributed by atoms with Gasteiger partial charge in [-0.25, -0.2) is 9.07 Å². The van der Waals surface area contributed by atoms with E-state index in [1.807, 2.05) is 0 Å². The average molecular weight is 249 g/mol. The maximum Gasteiger partial charge on any atom is 0.243 e. The molecule has 18 heavy (non-hydrogen) atoms. The first-order valence-corrected chi connectivity index (χ1v) is 6.04. The fourth-order valence-corrected chi connectivity index (χ4v) is 1.61. The predicted molar refractivity (Wildman–Crippen MR) is 66.5 cm³/mol.